The molecule has 3 aromatic carbocycles. The van der Waals surface area contributed by atoms with E-state index in [1.165, 1.54) is 6.07 Å². The number of benzene rings is 3. The van der Waals surface area contributed by atoms with E-state index in [1.54, 1.807) is 19.1 Å². The highest BCUT2D eigenvalue weighted by atomic mass is 32.2. The molecule has 0 saturated heterocycles. The van der Waals surface area contributed by atoms with E-state index in [1.807, 2.05) is 30.3 Å². The number of ketones is 1. The molecule has 0 aliphatic carbocycles. The van der Waals surface area contributed by atoms with Crippen molar-refractivity contribution < 1.29 is 17.6 Å². The van der Waals surface area contributed by atoms with E-state index in [2.05, 4.69) is 6.08 Å². The molecule has 0 saturated carbocycles. The number of hydrogen-bond acceptors (Lipinski definition) is 3. The van der Waals surface area contributed by atoms with Crippen LogP contribution in [0.2, 0.25) is 0 Å². The molecule has 0 amide bonds. The first-order chi connectivity index (χ1) is 12.9. The number of sulfonamides is 1. The van der Waals surface area contributed by atoms with Gasteiger partial charge in [0, 0.05) is 23.7 Å². The van der Waals surface area contributed by atoms with E-state index in [4.69, 9.17) is 0 Å². The standard InChI is InChI=1S/C21H15FNO3S/c1-2-23-19(13-17-12-18(22)9-10-20(17)27(23,25)26)21(24)16-8-7-14-5-3-4-6-15(14)11-16/h3-12H,2H2,1H3. The van der Waals surface area contributed by atoms with Gasteiger partial charge < -0.3 is 0 Å². The van der Waals surface area contributed by atoms with E-state index >= 15 is 0 Å². The molecule has 27 heavy (non-hydrogen) atoms. The van der Waals surface area contributed by atoms with Crippen LogP contribution in [0.5, 0.6) is 0 Å². The third-order valence-corrected chi connectivity index (χ3v) is 6.46. The Morgan fingerprint density at radius 2 is 1.78 bits per heavy atom. The molecular formula is C21H15FNO3S. The Morgan fingerprint density at radius 3 is 2.52 bits per heavy atom. The summed E-state index contributed by atoms with van der Waals surface area (Å²) in [7, 11) is -3.95. The van der Waals surface area contributed by atoms with Crippen LogP contribution in [-0.4, -0.2) is 25.1 Å². The zero-order valence-corrected chi connectivity index (χ0v) is 15.3. The summed E-state index contributed by atoms with van der Waals surface area (Å²) in [6.07, 6.45) is 2.81. The number of likely N-dealkylation sites (N-methyl/N-ethyl adjacent to an activating group) is 1. The molecule has 4 rings (SSSR count). The summed E-state index contributed by atoms with van der Waals surface area (Å²) in [5.41, 5.74) is 0.305. The van der Waals surface area contributed by atoms with Crippen molar-refractivity contribution in [1.29, 1.82) is 0 Å². The Morgan fingerprint density at radius 1 is 1.04 bits per heavy atom. The van der Waals surface area contributed by atoms with E-state index in [0.29, 0.717) is 5.56 Å². The van der Waals surface area contributed by atoms with Gasteiger partial charge in [-0.2, -0.15) is 0 Å². The lowest BCUT2D eigenvalue weighted by atomic mass is 10.0. The fourth-order valence-electron chi connectivity index (χ4n) is 3.22. The molecule has 1 aliphatic heterocycles. The van der Waals surface area contributed by atoms with Crippen molar-refractivity contribution in [3.63, 3.8) is 0 Å². The minimum Gasteiger partial charge on any atom is -0.287 e. The highest BCUT2D eigenvalue weighted by Gasteiger charge is 2.35. The quantitative estimate of drug-likeness (QED) is 0.647. The van der Waals surface area contributed by atoms with Gasteiger partial charge in [-0.25, -0.2) is 12.8 Å². The molecule has 0 aromatic heterocycles. The van der Waals surface area contributed by atoms with Gasteiger partial charge in [0.15, 0.2) is 0 Å². The van der Waals surface area contributed by atoms with Crippen LogP contribution in [-0.2, 0) is 10.0 Å². The number of Topliss-reactive ketones (excluding diaryl/α,β-unsaturated/α-hetero) is 1. The van der Waals surface area contributed by atoms with Crippen molar-refractivity contribution in [3.05, 3.63) is 89.4 Å². The molecule has 3 aromatic rings. The first-order valence-electron chi connectivity index (χ1n) is 8.41. The number of allylic oxidation sites excluding steroid dienone is 1. The minimum atomic E-state index is -3.95. The van der Waals surface area contributed by atoms with Crippen LogP contribution in [0.25, 0.3) is 10.8 Å². The summed E-state index contributed by atoms with van der Waals surface area (Å²) in [6, 6.07) is 16.1. The fraction of sp³-hybridized carbons (Fsp3) is 0.0952. The molecule has 4 nitrogen and oxygen atoms in total. The normalized spacial score (nSPS) is 15.3. The minimum absolute atomic E-state index is 0.0548. The molecule has 0 atom stereocenters. The average Bonchev–Trinajstić information content (AvgIpc) is 2.66. The lowest BCUT2D eigenvalue weighted by molar-refractivity contribution is 0.101. The highest BCUT2D eigenvalue weighted by molar-refractivity contribution is 7.89. The number of hydrogen-bond donors (Lipinski definition) is 0. The monoisotopic (exact) mass is 380 g/mol. The number of halogens is 1. The van der Waals surface area contributed by atoms with Gasteiger partial charge in [-0.1, -0.05) is 36.4 Å². The summed E-state index contributed by atoms with van der Waals surface area (Å²) in [4.78, 5) is 13.0. The maximum Gasteiger partial charge on any atom is 0.265 e. The predicted octanol–water partition coefficient (Wildman–Crippen LogP) is 3.92. The van der Waals surface area contributed by atoms with Crippen molar-refractivity contribution in [3.8, 4) is 0 Å². The molecule has 6 heteroatoms. The number of carbonyl (C=O) groups excluding carboxylic acids is 1. The summed E-state index contributed by atoms with van der Waals surface area (Å²) in [6.45, 7) is 1.71. The van der Waals surface area contributed by atoms with Crippen LogP contribution in [0.15, 0.2) is 71.3 Å². The second-order valence-electron chi connectivity index (χ2n) is 6.17. The van der Waals surface area contributed by atoms with Crippen molar-refractivity contribution in [2.24, 2.45) is 0 Å². The summed E-state index contributed by atoms with van der Waals surface area (Å²) < 4.78 is 40.4. The van der Waals surface area contributed by atoms with Crippen LogP contribution in [0.1, 0.15) is 22.8 Å². The van der Waals surface area contributed by atoms with Gasteiger partial charge in [0.25, 0.3) is 10.0 Å². The molecule has 1 aliphatic rings. The van der Waals surface area contributed by atoms with E-state index in [-0.39, 0.29) is 22.7 Å². The Kier molecular flexibility index (Phi) is 4.08. The Bertz CT molecular complexity index is 1220. The third-order valence-electron chi connectivity index (χ3n) is 4.53. The number of fused-ring (bicyclic) bond motifs is 2. The first-order valence-corrected chi connectivity index (χ1v) is 9.85. The van der Waals surface area contributed by atoms with Crippen molar-refractivity contribution in [1.82, 2.24) is 4.31 Å². The summed E-state index contributed by atoms with van der Waals surface area (Å²) >= 11 is 0. The van der Waals surface area contributed by atoms with Crippen molar-refractivity contribution in [2.45, 2.75) is 11.8 Å². The van der Waals surface area contributed by atoms with Gasteiger partial charge in [0.05, 0.1) is 4.90 Å². The first kappa shape index (κ1) is 17.4. The molecular weight excluding hydrogens is 365 g/mol. The number of rotatable bonds is 3. The van der Waals surface area contributed by atoms with Gasteiger partial charge in [-0.05, 0) is 42.0 Å². The topological polar surface area (TPSA) is 54.5 Å². The van der Waals surface area contributed by atoms with Crippen molar-refractivity contribution >= 4 is 26.6 Å². The average molecular weight is 380 g/mol. The second kappa shape index (κ2) is 6.32. The summed E-state index contributed by atoms with van der Waals surface area (Å²) in [5, 5.41) is 1.85. The van der Waals surface area contributed by atoms with Crippen LogP contribution in [0.4, 0.5) is 4.39 Å². The Labute approximate surface area is 156 Å². The predicted molar refractivity (Wildman–Crippen MR) is 100 cm³/mol. The van der Waals surface area contributed by atoms with Gasteiger partial charge in [-0.15, -0.1) is 0 Å². The molecule has 1 radical (unpaired) electrons. The van der Waals surface area contributed by atoms with Crippen LogP contribution in [0, 0.1) is 11.9 Å². The van der Waals surface area contributed by atoms with Crippen LogP contribution >= 0.6 is 0 Å². The highest BCUT2D eigenvalue weighted by Crippen LogP contribution is 2.32. The molecule has 0 fully saturated rings. The SMILES string of the molecule is CCN1C(C(=O)c2ccc3ccccc3c2)=[C]c2cc(F)ccc2S1(=O)=O. The fourth-order valence-corrected chi connectivity index (χ4v) is 4.79. The van der Waals surface area contributed by atoms with Gasteiger partial charge in [-0.3, -0.25) is 9.10 Å². The zero-order chi connectivity index (χ0) is 19.2. The Hall–Kier alpha value is -2.99. The number of nitrogens with zero attached hydrogens (tertiary/aromatic N) is 1. The largest absolute Gasteiger partial charge is 0.287 e. The molecule has 1 heterocycles. The number of carbonyl (C=O) groups is 1. The molecule has 0 spiro atoms. The van der Waals surface area contributed by atoms with Crippen LogP contribution in [0.3, 0.4) is 0 Å². The van der Waals surface area contributed by atoms with E-state index in [9.17, 15) is 17.6 Å². The van der Waals surface area contributed by atoms with Gasteiger partial charge in [0.2, 0.25) is 5.78 Å². The maximum absolute atomic E-state index is 13.6. The second-order valence-corrected chi connectivity index (χ2v) is 8.01. The van der Waals surface area contributed by atoms with Crippen LogP contribution < -0.4 is 0 Å². The smallest absolute Gasteiger partial charge is 0.265 e. The molecule has 0 bridgehead atoms. The molecule has 135 valence electrons. The van der Waals surface area contributed by atoms with E-state index in [0.717, 1.165) is 27.2 Å². The van der Waals surface area contributed by atoms with Gasteiger partial charge in [0.1, 0.15) is 11.5 Å². The molecule has 0 unspecified atom stereocenters. The van der Waals surface area contributed by atoms with Crippen molar-refractivity contribution in [2.75, 3.05) is 6.54 Å². The maximum atomic E-state index is 13.6. The third kappa shape index (κ3) is 2.82. The van der Waals surface area contributed by atoms with E-state index < -0.39 is 21.6 Å². The van der Waals surface area contributed by atoms with Gasteiger partial charge >= 0.3 is 0 Å². The molecule has 0 N–H and O–H groups in total. The Balaban J connectivity index is 1.88. The lowest BCUT2D eigenvalue weighted by Crippen LogP contribution is -2.36. The lowest BCUT2D eigenvalue weighted by Gasteiger charge is -2.29. The summed E-state index contributed by atoms with van der Waals surface area (Å²) in [5.74, 6) is -1.06. The zero-order valence-electron chi connectivity index (χ0n) is 14.4.